The molecule has 2 rings (SSSR count). The van der Waals surface area contributed by atoms with E-state index in [0.29, 0.717) is 0 Å². The summed E-state index contributed by atoms with van der Waals surface area (Å²) < 4.78 is 2.05. The zero-order chi connectivity index (χ0) is 13.7. The highest BCUT2D eigenvalue weighted by Gasteiger charge is 2.13. The number of aromatic nitrogens is 4. The monoisotopic (exact) mass is 259 g/mol. The fourth-order valence-electron chi connectivity index (χ4n) is 2.12. The summed E-state index contributed by atoms with van der Waals surface area (Å²) in [6.45, 7) is 7.30. The molecule has 0 saturated heterocycles. The van der Waals surface area contributed by atoms with E-state index in [1.807, 2.05) is 12.4 Å². The Balaban J connectivity index is 2.45. The van der Waals surface area contributed by atoms with E-state index < -0.39 is 0 Å². The van der Waals surface area contributed by atoms with Crippen molar-refractivity contribution in [2.75, 3.05) is 11.9 Å². The Morgan fingerprint density at radius 1 is 1.11 bits per heavy atom. The molecule has 2 heterocycles. The molecule has 0 fully saturated rings. The summed E-state index contributed by atoms with van der Waals surface area (Å²) in [7, 11) is 0. The van der Waals surface area contributed by atoms with Crippen molar-refractivity contribution in [2.24, 2.45) is 0 Å². The summed E-state index contributed by atoms with van der Waals surface area (Å²) >= 11 is 0. The van der Waals surface area contributed by atoms with Crippen LogP contribution in [0.5, 0.6) is 0 Å². The molecule has 0 aromatic carbocycles. The molecule has 102 valence electrons. The van der Waals surface area contributed by atoms with E-state index in [2.05, 4.69) is 45.6 Å². The molecule has 5 nitrogen and oxygen atoms in total. The zero-order valence-electron chi connectivity index (χ0n) is 11.8. The normalized spacial score (nSPS) is 10.7. The van der Waals surface area contributed by atoms with E-state index in [1.54, 1.807) is 6.33 Å². The maximum Gasteiger partial charge on any atom is 0.146 e. The van der Waals surface area contributed by atoms with Gasteiger partial charge in [-0.25, -0.2) is 15.0 Å². The van der Waals surface area contributed by atoms with Gasteiger partial charge in [0.1, 0.15) is 23.8 Å². The molecule has 0 saturated carbocycles. The number of imidazole rings is 1. The van der Waals surface area contributed by atoms with Gasteiger partial charge in [0.05, 0.1) is 0 Å². The first kappa shape index (κ1) is 13.5. The highest BCUT2D eigenvalue weighted by molar-refractivity contribution is 5.52. The summed E-state index contributed by atoms with van der Waals surface area (Å²) in [5, 5.41) is 3.37. The molecule has 0 aliphatic heterocycles. The van der Waals surface area contributed by atoms with E-state index in [9.17, 15) is 0 Å². The molecule has 0 radical (unpaired) electrons. The van der Waals surface area contributed by atoms with Crippen molar-refractivity contribution in [1.29, 1.82) is 0 Å². The van der Waals surface area contributed by atoms with E-state index in [4.69, 9.17) is 0 Å². The standard InChI is InChI=1S/C14H21N5/c1-4-7-16-13-11(5-2)14(18-10-17-13)19-9-8-15-12(19)6-3/h8-10H,4-7H2,1-3H3,(H,16,17,18). The lowest BCUT2D eigenvalue weighted by molar-refractivity contribution is 0.840. The van der Waals surface area contributed by atoms with Crippen molar-refractivity contribution in [3.05, 3.63) is 30.1 Å². The first-order valence-electron chi connectivity index (χ1n) is 6.92. The Labute approximate surface area is 114 Å². The van der Waals surface area contributed by atoms with E-state index >= 15 is 0 Å². The summed E-state index contributed by atoms with van der Waals surface area (Å²) in [4.78, 5) is 13.2. The van der Waals surface area contributed by atoms with E-state index in [1.165, 1.54) is 0 Å². The van der Waals surface area contributed by atoms with E-state index in [-0.39, 0.29) is 0 Å². The van der Waals surface area contributed by atoms with Crippen molar-refractivity contribution in [1.82, 2.24) is 19.5 Å². The lowest BCUT2D eigenvalue weighted by Gasteiger charge is -2.14. The van der Waals surface area contributed by atoms with Crippen LogP contribution in [-0.2, 0) is 12.8 Å². The minimum atomic E-state index is 0.887. The minimum absolute atomic E-state index is 0.887. The van der Waals surface area contributed by atoms with Crippen LogP contribution in [0, 0.1) is 0 Å². The van der Waals surface area contributed by atoms with Crippen LogP contribution in [0.1, 0.15) is 38.6 Å². The maximum absolute atomic E-state index is 4.44. The lowest BCUT2D eigenvalue weighted by atomic mass is 10.2. The second-order valence-electron chi connectivity index (χ2n) is 4.37. The number of nitrogens with one attached hydrogen (secondary N) is 1. The van der Waals surface area contributed by atoms with Crippen LogP contribution in [-0.4, -0.2) is 26.1 Å². The van der Waals surface area contributed by atoms with Gasteiger partial charge >= 0.3 is 0 Å². The van der Waals surface area contributed by atoms with Gasteiger partial charge in [-0.2, -0.15) is 0 Å². The molecular weight excluding hydrogens is 238 g/mol. The average Bonchev–Trinajstić information content (AvgIpc) is 2.92. The van der Waals surface area contributed by atoms with Crippen molar-refractivity contribution < 1.29 is 0 Å². The second-order valence-corrected chi connectivity index (χ2v) is 4.37. The van der Waals surface area contributed by atoms with Crippen LogP contribution in [0.15, 0.2) is 18.7 Å². The number of hydrogen-bond acceptors (Lipinski definition) is 4. The molecule has 5 heteroatoms. The van der Waals surface area contributed by atoms with Crippen LogP contribution in [0.2, 0.25) is 0 Å². The highest BCUT2D eigenvalue weighted by atomic mass is 15.1. The topological polar surface area (TPSA) is 55.6 Å². The molecule has 0 unspecified atom stereocenters. The molecule has 0 spiro atoms. The molecular formula is C14H21N5. The molecule has 0 bridgehead atoms. The first-order valence-corrected chi connectivity index (χ1v) is 6.92. The SMILES string of the molecule is CCCNc1ncnc(-n2ccnc2CC)c1CC. The van der Waals surface area contributed by atoms with Crippen molar-refractivity contribution in [3.8, 4) is 5.82 Å². The van der Waals surface area contributed by atoms with Crippen LogP contribution in [0.4, 0.5) is 5.82 Å². The number of nitrogens with zero attached hydrogens (tertiary/aromatic N) is 4. The lowest BCUT2D eigenvalue weighted by Crippen LogP contribution is -2.11. The summed E-state index contributed by atoms with van der Waals surface area (Å²) in [5.74, 6) is 2.89. The molecule has 0 amide bonds. The molecule has 1 N–H and O–H groups in total. The predicted octanol–water partition coefficient (Wildman–Crippen LogP) is 2.61. The highest BCUT2D eigenvalue weighted by Crippen LogP contribution is 2.20. The van der Waals surface area contributed by atoms with Gasteiger partial charge in [0.25, 0.3) is 0 Å². The second kappa shape index (κ2) is 6.31. The zero-order valence-corrected chi connectivity index (χ0v) is 11.8. The average molecular weight is 259 g/mol. The Hall–Kier alpha value is -1.91. The Kier molecular flexibility index (Phi) is 4.49. The Bertz CT molecular complexity index is 532. The fraction of sp³-hybridized carbons (Fsp3) is 0.500. The van der Waals surface area contributed by atoms with Crippen molar-refractivity contribution in [2.45, 2.75) is 40.0 Å². The smallest absolute Gasteiger partial charge is 0.146 e. The Morgan fingerprint density at radius 3 is 2.63 bits per heavy atom. The first-order chi connectivity index (χ1) is 9.31. The quantitative estimate of drug-likeness (QED) is 0.866. The summed E-state index contributed by atoms with van der Waals surface area (Å²) in [5.41, 5.74) is 1.14. The Morgan fingerprint density at radius 2 is 1.95 bits per heavy atom. The summed E-state index contributed by atoms with van der Waals surface area (Å²) in [6.07, 6.45) is 8.25. The molecule has 19 heavy (non-hydrogen) atoms. The largest absolute Gasteiger partial charge is 0.370 e. The predicted molar refractivity (Wildman–Crippen MR) is 76.7 cm³/mol. The van der Waals surface area contributed by atoms with Crippen molar-refractivity contribution in [3.63, 3.8) is 0 Å². The number of rotatable bonds is 6. The molecule has 0 aliphatic carbocycles. The molecule has 0 atom stereocenters. The summed E-state index contributed by atoms with van der Waals surface area (Å²) in [6, 6.07) is 0. The van der Waals surface area contributed by atoms with Crippen LogP contribution in [0.25, 0.3) is 5.82 Å². The van der Waals surface area contributed by atoms with Gasteiger partial charge in [0.2, 0.25) is 0 Å². The fourth-order valence-corrected chi connectivity index (χ4v) is 2.12. The maximum atomic E-state index is 4.44. The molecule has 2 aromatic rings. The van der Waals surface area contributed by atoms with Gasteiger partial charge < -0.3 is 5.32 Å². The third-order valence-corrected chi connectivity index (χ3v) is 3.08. The van der Waals surface area contributed by atoms with Gasteiger partial charge in [-0.05, 0) is 12.8 Å². The van der Waals surface area contributed by atoms with Gasteiger partial charge in [-0.15, -0.1) is 0 Å². The van der Waals surface area contributed by atoms with Gasteiger partial charge in [0, 0.05) is 30.9 Å². The van der Waals surface area contributed by atoms with Crippen molar-refractivity contribution >= 4 is 5.82 Å². The van der Waals surface area contributed by atoms with Crippen LogP contribution < -0.4 is 5.32 Å². The van der Waals surface area contributed by atoms with Gasteiger partial charge in [-0.3, -0.25) is 4.57 Å². The number of anilines is 1. The molecule has 0 aliphatic rings. The van der Waals surface area contributed by atoms with Gasteiger partial charge in [0.15, 0.2) is 0 Å². The van der Waals surface area contributed by atoms with Crippen LogP contribution in [0.3, 0.4) is 0 Å². The number of aryl methyl sites for hydroxylation is 1. The third kappa shape index (κ3) is 2.75. The van der Waals surface area contributed by atoms with Crippen LogP contribution >= 0.6 is 0 Å². The van der Waals surface area contributed by atoms with E-state index in [0.717, 1.165) is 48.8 Å². The minimum Gasteiger partial charge on any atom is -0.370 e. The van der Waals surface area contributed by atoms with Gasteiger partial charge in [-0.1, -0.05) is 20.8 Å². The molecule has 2 aromatic heterocycles. The number of hydrogen-bond donors (Lipinski definition) is 1. The third-order valence-electron chi connectivity index (χ3n) is 3.08.